The van der Waals surface area contributed by atoms with Gasteiger partial charge < -0.3 is 15.8 Å². The number of amides is 2. The molecule has 3 N–H and O–H groups in total. The first-order chi connectivity index (χ1) is 14.4. The molecule has 2 heterocycles. The molecule has 30 heavy (non-hydrogen) atoms. The number of ether oxygens (including phenoxy) is 1. The van der Waals surface area contributed by atoms with E-state index in [0.29, 0.717) is 27.8 Å². The molecule has 6 nitrogen and oxygen atoms in total. The van der Waals surface area contributed by atoms with Crippen molar-refractivity contribution in [3.63, 3.8) is 0 Å². The molecule has 2 aromatic heterocycles. The summed E-state index contributed by atoms with van der Waals surface area (Å²) in [6.45, 7) is 1.79. The van der Waals surface area contributed by atoms with Crippen LogP contribution in [-0.2, 0) is 0 Å². The number of pyridine rings is 1. The van der Waals surface area contributed by atoms with Crippen molar-refractivity contribution in [1.82, 2.24) is 4.98 Å². The summed E-state index contributed by atoms with van der Waals surface area (Å²) in [7, 11) is 0. The van der Waals surface area contributed by atoms with E-state index in [-0.39, 0.29) is 11.7 Å². The molecule has 2 aromatic carbocycles. The smallest absolute Gasteiger partial charge is 0.266 e. The van der Waals surface area contributed by atoms with E-state index >= 15 is 0 Å². The molecule has 2 amide bonds. The van der Waals surface area contributed by atoms with Gasteiger partial charge in [0.05, 0.1) is 16.8 Å². The Morgan fingerprint density at radius 2 is 1.97 bits per heavy atom. The third-order valence-electron chi connectivity index (χ3n) is 4.44. The van der Waals surface area contributed by atoms with Crippen LogP contribution in [0.3, 0.4) is 0 Å². The fourth-order valence-electron chi connectivity index (χ4n) is 2.95. The second-order valence-corrected chi connectivity index (χ2v) is 7.58. The van der Waals surface area contributed by atoms with Crippen molar-refractivity contribution in [3.05, 3.63) is 82.6 Å². The first-order valence-electron chi connectivity index (χ1n) is 8.94. The Morgan fingerprint density at radius 1 is 1.13 bits per heavy atom. The minimum absolute atomic E-state index is 0.293. The number of fused-ring (bicyclic) bond motifs is 1. The average Bonchev–Trinajstić information content (AvgIpc) is 3.06. The van der Waals surface area contributed by atoms with Crippen molar-refractivity contribution in [3.8, 4) is 11.6 Å². The maximum Gasteiger partial charge on any atom is 0.266 e. The monoisotopic (exact) mass is 421 g/mol. The summed E-state index contributed by atoms with van der Waals surface area (Å²) in [5.41, 5.74) is 6.81. The predicted octanol–water partition coefficient (Wildman–Crippen LogP) is 4.89. The molecular weight excluding hydrogens is 405 g/mol. The van der Waals surface area contributed by atoms with Crippen molar-refractivity contribution >= 4 is 38.9 Å². The standard InChI is InChI=1S/C22H16FN3O3S/c1-12-17-10-14(23)5-7-18(17)30-20(12)22(28)26-15-6-8-19(25-11-15)29-16-4-2-3-13(9-16)21(24)27/h2-11H,1H3,(H2,24,27)(H,26,28). The number of carbonyl (C=O) groups excluding carboxylic acids is 2. The summed E-state index contributed by atoms with van der Waals surface area (Å²) < 4.78 is 20.0. The molecule has 4 rings (SSSR count). The van der Waals surface area contributed by atoms with Crippen molar-refractivity contribution in [2.45, 2.75) is 6.92 Å². The SMILES string of the molecule is Cc1c(C(=O)Nc2ccc(Oc3cccc(C(N)=O)c3)nc2)sc2ccc(F)cc12. The average molecular weight is 421 g/mol. The molecule has 0 aliphatic carbocycles. The number of nitrogens with two attached hydrogens (primary N) is 1. The topological polar surface area (TPSA) is 94.3 Å². The lowest BCUT2D eigenvalue weighted by molar-refractivity contribution is 0.0997. The predicted molar refractivity (Wildman–Crippen MR) is 114 cm³/mol. The summed E-state index contributed by atoms with van der Waals surface area (Å²) in [5, 5.41) is 3.52. The van der Waals surface area contributed by atoms with E-state index in [0.717, 1.165) is 15.6 Å². The first kappa shape index (κ1) is 19.5. The third-order valence-corrected chi connectivity index (χ3v) is 5.71. The highest BCUT2D eigenvalue weighted by Crippen LogP contribution is 2.32. The first-order valence-corrected chi connectivity index (χ1v) is 9.76. The molecule has 0 saturated carbocycles. The Bertz CT molecular complexity index is 1270. The number of rotatable bonds is 5. The van der Waals surface area contributed by atoms with E-state index in [4.69, 9.17) is 10.5 Å². The Kier molecular flexibility index (Phi) is 5.16. The molecule has 0 aliphatic heterocycles. The van der Waals surface area contributed by atoms with Crippen molar-refractivity contribution in [2.24, 2.45) is 5.73 Å². The maximum atomic E-state index is 13.5. The molecule has 0 radical (unpaired) electrons. The van der Waals surface area contributed by atoms with Crippen LogP contribution >= 0.6 is 11.3 Å². The fourth-order valence-corrected chi connectivity index (χ4v) is 4.03. The van der Waals surface area contributed by atoms with Crippen LogP contribution in [0.15, 0.2) is 60.8 Å². The Balaban J connectivity index is 1.48. The number of aryl methyl sites for hydroxylation is 1. The highest BCUT2D eigenvalue weighted by molar-refractivity contribution is 7.21. The lowest BCUT2D eigenvalue weighted by Crippen LogP contribution is -2.11. The zero-order valence-electron chi connectivity index (χ0n) is 15.8. The van der Waals surface area contributed by atoms with E-state index in [9.17, 15) is 14.0 Å². The van der Waals surface area contributed by atoms with Crippen LogP contribution in [-0.4, -0.2) is 16.8 Å². The summed E-state index contributed by atoms with van der Waals surface area (Å²) in [4.78, 5) is 28.6. The van der Waals surface area contributed by atoms with E-state index in [1.54, 1.807) is 43.3 Å². The molecule has 0 spiro atoms. The maximum absolute atomic E-state index is 13.5. The number of nitrogens with zero attached hydrogens (tertiary/aromatic N) is 1. The van der Waals surface area contributed by atoms with Gasteiger partial charge in [0.1, 0.15) is 11.6 Å². The molecule has 0 saturated heterocycles. The van der Waals surface area contributed by atoms with Gasteiger partial charge in [0.15, 0.2) is 0 Å². The van der Waals surface area contributed by atoms with Crippen molar-refractivity contribution < 1.29 is 18.7 Å². The highest BCUT2D eigenvalue weighted by atomic mass is 32.1. The molecule has 8 heteroatoms. The number of aromatic nitrogens is 1. The van der Waals surface area contributed by atoms with Crippen LogP contribution in [0.4, 0.5) is 10.1 Å². The van der Waals surface area contributed by atoms with Gasteiger partial charge in [-0.1, -0.05) is 6.07 Å². The number of hydrogen-bond donors (Lipinski definition) is 2. The van der Waals surface area contributed by atoms with Crippen LogP contribution in [0.25, 0.3) is 10.1 Å². The van der Waals surface area contributed by atoms with Gasteiger partial charge >= 0.3 is 0 Å². The van der Waals surface area contributed by atoms with Gasteiger partial charge in [0.25, 0.3) is 5.91 Å². The van der Waals surface area contributed by atoms with Gasteiger partial charge in [-0.05, 0) is 60.3 Å². The van der Waals surface area contributed by atoms with E-state index in [1.807, 2.05) is 0 Å². The number of benzene rings is 2. The number of anilines is 1. The minimum Gasteiger partial charge on any atom is -0.439 e. The second-order valence-electron chi connectivity index (χ2n) is 6.53. The van der Waals surface area contributed by atoms with Gasteiger partial charge in [-0.2, -0.15) is 0 Å². The lowest BCUT2D eigenvalue weighted by Gasteiger charge is -2.08. The summed E-state index contributed by atoms with van der Waals surface area (Å²) in [6.07, 6.45) is 1.47. The largest absolute Gasteiger partial charge is 0.439 e. The van der Waals surface area contributed by atoms with Crippen LogP contribution < -0.4 is 15.8 Å². The summed E-state index contributed by atoms with van der Waals surface area (Å²) in [6, 6.07) is 14.2. The van der Waals surface area contributed by atoms with Gasteiger partial charge in [-0.3, -0.25) is 9.59 Å². The summed E-state index contributed by atoms with van der Waals surface area (Å²) in [5.74, 6) is -0.465. The van der Waals surface area contributed by atoms with E-state index < -0.39 is 5.91 Å². The number of halogens is 1. The van der Waals surface area contributed by atoms with E-state index in [2.05, 4.69) is 10.3 Å². The fraction of sp³-hybridized carbons (Fsp3) is 0.0455. The zero-order chi connectivity index (χ0) is 21.3. The van der Waals surface area contributed by atoms with Gasteiger partial charge in [0.2, 0.25) is 11.8 Å². The Morgan fingerprint density at radius 3 is 2.70 bits per heavy atom. The van der Waals surface area contributed by atoms with Gasteiger partial charge in [-0.25, -0.2) is 9.37 Å². The summed E-state index contributed by atoms with van der Waals surface area (Å²) >= 11 is 1.31. The molecule has 0 unspecified atom stereocenters. The Hall–Kier alpha value is -3.78. The highest BCUT2D eigenvalue weighted by Gasteiger charge is 2.16. The lowest BCUT2D eigenvalue weighted by atomic mass is 10.1. The number of thiophene rings is 1. The van der Waals surface area contributed by atoms with E-state index in [1.165, 1.54) is 35.7 Å². The van der Waals surface area contributed by atoms with Gasteiger partial charge in [0, 0.05) is 16.3 Å². The van der Waals surface area contributed by atoms with Crippen LogP contribution in [0.5, 0.6) is 11.6 Å². The van der Waals surface area contributed by atoms with Crippen molar-refractivity contribution in [2.75, 3.05) is 5.32 Å². The molecule has 0 bridgehead atoms. The van der Waals surface area contributed by atoms with Crippen molar-refractivity contribution in [1.29, 1.82) is 0 Å². The minimum atomic E-state index is -0.550. The van der Waals surface area contributed by atoms with Crippen LogP contribution in [0.2, 0.25) is 0 Å². The number of primary amides is 1. The van der Waals surface area contributed by atoms with Crippen LogP contribution in [0.1, 0.15) is 25.6 Å². The molecular formula is C22H16FN3O3S. The number of hydrogen-bond acceptors (Lipinski definition) is 5. The third kappa shape index (κ3) is 3.99. The normalized spacial score (nSPS) is 10.7. The quantitative estimate of drug-likeness (QED) is 0.480. The molecule has 0 aliphatic rings. The number of nitrogens with one attached hydrogen (secondary N) is 1. The molecule has 4 aromatic rings. The van der Waals surface area contributed by atoms with Crippen LogP contribution in [0, 0.1) is 12.7 Å². The zero-order valence-corrected chi connectivity index (χ0v) is 16.6. The molecule has 0 fully saturated rings. The molecule has 150 valence electrons. The molecule has 0 atom stereocenters. The number of carbonyl (C=O) groups is 2. The van der Waals surface area contributed by atoms with Gasteiger partial charge in [-0.15, -0.1) is 11.3 Å². The second kappa shape index (κ2) is 7.92. The Labute approximate surface area is 175 Å².